The molecule has 74 valence electrons. The van der Waals surface area contributed by atoms with E-state index in [1.807, 2.05) is 42.9 Å². The minimum absolute atomic E-state index is 1.08. The van der Waals surface area contributed by atoms with E-state index >= 15 is 0 Å². The normalized spacial score (nSPS) is 13.9. The molecule has 0 aliphatic carbocycles. The topological polar surface area (TPSA) is 17.8 Å². The fourth-order valence-electron chi connectivity index (χ4n) is 1.10. The average molecular weight is 188 g/mol. The van der Waals surface area contributed by atoms with Crippen LogP contribution in [0.4, 0.5) is 0 Å². The number of nitrogens with zero attached hydrogens (tertiary/aromatic N) is 2. The van der Waals surface area contributed by atoms with Gasteiger partial charge >= 0.3 is 0 Å². The van der Waals surface area contributed by atoms with Crippen molar-refractivity contribution in [3.63, 3.8) is 0 Å². The highest BCUT2D eigenvalue weighted by atomic mass is 15.3. The summed E-state index contributed by atoms with van der Waals surface area (Å²) in [6, 6.07) is 1.92. The van der Waals surface area contributed by atoms with E-state index < -0.39 is 0 Å². The van der Waals surface area contributed by atoms with Crippen molar-refractivity contribution in [1.29, 1.82) is 0 Å². The smallest absolute Gasteiger partial charge is 0.0644 e. The highest BCUT2D eigenvalue weighted by Crippen LogP contribution is 2.08. The lowest BCUT2D eigenvalue weighted by Gasteiger charge is -2.02. The van der Waals surface area contributed by atoms with Crippen LogP contribution in [0.2, 0.25) is 0 Å². The summed E-state index contributed by atoms with van der Waals surface area (Å²) >= 11 is 0. The zero-order valence-corrected chi connectivity index (χ0v) is 8.94. The zero-order valence-electron chi connectivity index (χ0n) is 8.94. The quantitative estimate of drug-likeness (QED) is 0.666. The van der Waals surface area contributed by atoms with Crippen LogP contribution >= 0.6 is 0 Å². The van der Waals surface area contributed by atoms with Gasteiger partial charge in [-0.15, -0.1) is 0 Å². The number of allylic oxidation sites excluding steroid dienone is 6. The summed E-state index contributed by atoms with van der Waals surface area (Å²) in [5.41, 5.74) is 2.31. The monoisotopic (exact) mass is 188 g/mol. The van der Waals surface area contributed by atoms with Crippen LogP contribution in [0.1, 0.15) is 20.8 Å². The van der Waals surface area contributed by atoms with Gasteiger partial charge in [0.1, 0.15) is 0 Å². The zero-order chi connectivity index (χ0) is 10.4. The van der Waals surface area contributed by atoms with E-state index in [-0.39, 0.29) is 0 Å². The summed E-state index contributed by atoms with van der Waals surface area (Å²) in [5, 5.41) is 4.19. The van der Waals surface area contributed by atoms with Crippen molar-refractivity contribution in [3.8, 4) is 0 Å². The minimum atomic E-state index is 1.08. The molecular weight excluding hydrogens is 172 g/mol. The van der Waals surface area contributed by atoms with E-state index in [1.165, 1.54) is 5.57 Å². The standard InChI is InChI=1S/C12H16N2/c1-4-7-12(10-11(3)5-2)14-9-6-8-13-14/h4-10H,1-3H3/b7-4-,11-5-,12-10+. The number of hydrogen-bond acceptors (Lipinski definition) is 1. The molecule has 2 heteroatoms. The lowest BCUT2D eigenvalue weighted by Crippen LogP contribution is -1.94. The van der Waals surface area contributed by atoms with Gasteiger partial charge in [0.2, 0.25) is 0 Å². The molecule has 0 saturated carbocycles. The molecule has 0 bridgehead atoms. The van der Waals surface area contributed by atoms with Gasteiger partial charge in [-0.2, -0.15) is 5.10 Å². The Labute approximate surface area is 85.3 Å². The van der Waals surface area contributed by atoms with Gasteiger partial charge in [0.15, 0.2) is 0 Å². The van der Waals surface area contributed by atoms with Crippen molar-refractivity contribution in [2.24, 2.45) is 0 Å². The van der Waals surface area contributed by atoms with Gasteiger partial charge in [0.05, 0.1) is 5.70 Å². The van der Waals surface area contributed by atoms with E-state index in [4.69, 9.17) is 0 Å². The molecule has 1 aromatic rings. The molecule has 0 aromatic carbocycles. The third-order valence-electron chi connectivity index (χ3n) is 1.94. The maximum absolute atomic E-state index is 4.19. The molecule has 0 amide bonds. The molecule has 0 aliphatic rings. The van der Waals surface area contributed by atoms with Crippen molar-refractivity contribution >= 4 is 5.70 Å². The van der Waals surface area contributed by atoms with Gasteiger partial charge in [-0.25, -0.2) is 4.68 Å². The Kier molecular flexibility index (Phi) is 3.92. The molecule has 0 fully saturated rings. The predicted molar refractivity (Wildman–Crippen MR) is 60.7 cm³/mol. The average Bonchev–Trinajstić information content (AvgIpc) is 2.69. The van der Waals surface area contributed by atoms with Crippen molar-refractivity contribution in [3.05, 3.63) is 48.3 Å². The highest BCUT2D eigenvalue weighted by Gasteiger charge is 1.95. The largest absolute Gasteiger partial charge is 0.241 e. The van der Waals surface area contributed by atoms with Gasteiger partial charge in [-0.1, -0.05) is 17.7 Å². The maximum Gasteiger partial charge on any atom is 0.0644 e. The lowest BCUT2D eigenvalue weighted by molar-refractivity contribution is 0.909. The van der Waals surface area contributed by atoms with E-state index in [0.29, 0.717) is 0 Å². The first-order chi connectivity index (χ1) is 6.77. The minimum Gasteiger partial charge on any atom is -0.241 e. The molecule has 0 N–H and O–H groups in total. The van der Waals surface area contributed by atoms with Crippen LogP contribution in [0.3, 0.4) is 0 Å². The van der Waals surface area contributed by atoms with Crippen molar-refractivity contribution in [1.82, 2.24) is 9.78 Å². The Hall–Kier alpha value is -1.57. The molecule has 1 aromatic heterocycles. The second-order valence-electron chi connectivity index (χ2n) is 3.05. The third-order valence-corrected chi connectivity index (χ3v) is 1.94. The van der Waals surface area contributed by atoms with Gasteiger partial charge < -0.3 is 0 Å². The van der Waals surface area contributed by atoms with E-state index in [2.05, 4.69) is 24.2 Å². The number of rotatable bonds is 3. The fraction of sp³-hybridized carbons (Fsp3) is 0.250. The molecule has 14 heavy (non-hydrogen) atoms. The van der Waals surface area contributed by atoms with Gasteiger partial charge in [0, 0.05) is 12.4 Å². The van der Waals surface area contributed by atoms with E-state index in [1.54, 1.807) is 6.20 Å². The van der Waals surface area contributed by atoms with Gasteiger partial charge in [-0.3, -0.25) is 0 Å². The SMILES string of the molecule is C\C=C/C(=C\C(C)=C/C)n1cccn1. The molecule has 1 rings (SSSR count). The molecular formula is C12H16N2. The molecule has 0 spiro atoms. The number of hydrogen-bond donors (Lipinski definition) is 0. The first kappa shape index (κ1) is 10.5. The summed E-state index contributed by atoms with van der Waals surface area (Å²) in [5.74, 6) is 0. The Balaban J connectivity index is 3.02. The summed E-state index contributed by atoms with van der Waals surface area (Å²) in [4.78, 5) is 0. The van der Waals surface area contributed by atoms with E-state index in [0.717, 1.165) is 5.70 Å². The van der Waals surface area contributed by atoms with Crippen molar-refractivity contribution in [2.45, 2.75) is 20.8 Å². The Morgan fingerprint density at radius 3 is 2.64 bits per heavy atom. The fourth-order valence-corrected chi connectivity index (χ4v) is 1.10. The second-order valence-corrected chi connectivity index (χ2v) is 3.05. The van der Waals surface area contributed by atoms with Crippen LogP contribution in [-0.2, 0) is 0 Å². The predicted octanol–water partition coefficient (Wildman–Crippen LogP) is 3.27. The van der Waals surface area contributed by atoms with Crippen LogP contribution in [0.25, 0.3) is 5.70 Å². The Bertz CT molecular complexity index is 354. The van der Waals surface area contributed by atoms with Gasteiger partial charge in [-0.05, 0) is 39.0 Å². The summed E-state index contributed by atoms with van der Waals surface area (Å²) in [6.07, 6.45) is 12.0. The van der Waals surface area contributed by atoms with Gasteiger partial charge in [0.25, 0.3) is 0 Å². The lowest BCUT2D eigenvalue weighted by atomic mass is 10.2. The van der Waals surface area contributed by atoms with Crippen LogP contribution in [0, 0.1) is 0 Å². The summed E-state index contributed by atoms with van der Waals surface area (Å²) in [7, 11) is 0. The molecule has 0 saturated heterocycles. The van der Waals surface area contributed by atoms with Crippen LogP contribution in [-0.4, -0.2) is 9.78 Å². The number of aromatic nitrogens is 2. The first-order valence-electron chi connectivity index (χ1n) is 4.75. The molecule has 0 aliphatic heterocycles. The molecule has 0 atom stereocenters. The van der Waals surface area contributed by atoms with Crippen molar-refractivity contribution < 1.29 is 0 Å². The molecule has 0 radical (unpaired) electrons. The van der Waals surface area contributed by atoms with Crippen LogP contribution < -0.4 is 0 Å². The molecule has 0 unspecified atom stereocenters. The Morgan fingerprint density at radius 2 is 2.14 bits per heavy atom. The second kappa shape index (κ2) is 5.22. The van der Waals surface area contributed by atoms with Crippen molar-refractivity contribution in [2.75, 3.05) is 0 Å². The van der Waals surface area contributed by atoms with E-state index in [9.17, 15) is 0 Å². The molecule has 2 nitrogen and oxygen atoms in total. The molecule has 1 heterocycles. The Morgan fingerprint density at radius 1 is 1.36 bits per heavy atom. The summed E-state index contributed by atoms with van der Waals surface area (Å²) < 4.78 is 1.85. The van der Waals surface area contributed by atoms with Crippen LogP contribution in [0.15, 0.2) is 48.3 Å². The summed E-state index contributed by atoms with van der Waals surface area (Å²) in [6.45, 7) is 6.11. The highest BCUT2D eigenvalue weighted by molar-refractivity contribution is 5.59. The van der Waals surface area contributed by atoms with Crippen LogP contribution in [0.5, 0.6) is 0 Å². The third kappa shape index (κ3) is 2.73. The maximum atomic E-state index is 4.19. The first-order valence-corrected chi connectivity index (χ1v) is 4.75.